The molecule has 92 valence electrons. The van der Waals surface area contributed by atoms with Gasteiger partial charge in [-0.3, -0.25) is 4.79 Å². The van der Waals surface area contributed by atoms with E-state index in [0.29, 0.717) is 11.8 Å². The van der Waals surface area contributed by atoms with E-state index in [1.165, 1.54) is 12.4 Å². The maximum Gasteiger partial charge on any atom is 0.229 e. The lowest BCUT2D eigenvalue weighted by Gasteiger charge is -2.08. The molecule has 0 spiro atoms. The molecule has 0 atom stereocenters. The molecule has 6 heteroatoms. The number of ether oxygens (including phenoxy) is 1. The second-order valence-electron chi connectivity index (χ2n) is 3.48. The van der Waals surface area contributed by atoms with E-state index in [4.69, 9.17) is 10.5 Å². The molecule has 5 nitrogen and oxygen atoms in total. The number of rotatable bonds is 4. The Balaban J connectivity index is 2.18. The number of benzene rings is 1. The van der Waals surface area contributed by atoms with Gasteiger partial charge in [-0.1, -0.05) is 18.2 Å². The summed E-state index contributed by atoms with van der Waals surface area (Å²) >= 11 is 0. The molecule has 1 heterocycles. The number of nitrogen functional groups attached to an aromatic ring is 1. The van der Waals surface area contributed by atoms with E-state index < -0.39 is 0 Å². The lowest BCUT2D eigenvalue weighted by Crippen LogP contribution is -2.05. The maximum absolute atomic E-state index is 13.3. The zero-order valence-corrected chi connectivity index (χ0v) is 9.34. The topological polar surface area (TPSA) is 78.1 Å². The van der Waals surface area contributed by atoms with E-state index >= 15 is 0 Å². The normalized spacial score (nSPS) is 10.1. The van der Waals surface area contributed by atoms with Crippen LogP contribution in [0.3, 0.4) is 0 Å². The number of carbonyl (C=O) groups is 1. The Hall–Kier alpha value is -2.50. The van der Waals surface area contributed by atoms with Gasteiger partial charge in [0.2, 0.25) is 5.88 Å². The monoisotopic (exact) mass is 247 g/mol. The predicted octanol–water partition coefficient (Wildman–Crippen LogP) is 1.59. The summed E-state index contributed by atoms with van der Waals surface area (Å²) in [6.45, 7) is -0.0377. The zero-order valence-electron chi connectivity index (χ0n) is 9.34. The number of aldehydes is 1. The lowest BCUT2D eigenvalue weighted by molar-refractivity contribution is 0.111. The number of nitrogens with zero attached hydrogens (tertiary/aromatic N) is 2. The average molecular weight is 247 g/mol. The van der Waals surface area contributed by atoms with Crippen LogP contribution in [-0.2, 0) is 6.61 Å². The SMILES string of the molecule is Nc1ncnc(OCc2ccccc2F)c1C=O. The first kappa shape index (κ1) is 12.0. The highest BCUT2D eigenvalue weighted by atomic mass is 19.1. The molecule has 0 saturated heterocycles. The number of carbonyl (C=O) groups excluding carboxylic acids is 1. The van der Waals surface area contributed by atoms with Crippen LogP contribution in [0.2, 0.25) is 0 Å². The van der Waals surface area contributed by atoms with E-state index in [0.717, 1.165) is 0 Å². The lowest BCUT2D eigenvalue weighted by atomic mass is 10.2. The van der Waals surface area contributed by atoms with Gasteiger partial charge in [0, 0.05) is 5.56 Å². The standard InChI is InChI=1S/C12H10FN3O2/c13-10-4-2-1-3-8(10)6-18-12-9(5-17)11(14)15-7-16-12/h1-5,7H,6H2,(H2,14,15,16). The average Bonchev–Trinajstić information content (AvgIpc) is 2.38. The van der Waals surface area contributed by atoms with E-state index in [2.05, 4.69) is 9.97 Å². The van der Waals surface area contributed by atoms with Crippen molar-refractivity contribution in [2.24, 2.45) is 0 Å². The van der Waals surface area contributed by atoms with Gasteiger partial charge in [0.15, 0.2) is 6.29 Å². The molecule has 18 heavy (non-hydrogen) atoms. The largest absolute Gasteiger partial charge is 0.472 e. The molecule has 0 fully saturated rings. The van der Waals surface area contributed by atoms with Crippen molar-refractivity contribution in [1.82, 2.24) is 9.97 Å². The molecule has 0 saturated carbocycles. The van der Waals surface area contributed by atoms with Crippen LogP contribution in [0, 0.1) is 5.82 Å². The van der Waals surface area contributed by atoms with Crippen molar-refractivity contribution in [1.29, 1.82) is 0 Å². The first-order valence-corrected chi connectivity index (χ1v) is 5.14. The van der Waals surface area contributed by atoms with Crippen LogP contribution in [0.15, 0.2) is 30.6 Å². The summed E-state index contributed by atoms with van der Waals surface area (Å²) in [6, 6.07) is 6.18. The van der Waals surface area contributed by atoms with Crippen molar-refractivity contribution in [3.63, 3.8) is 0 Å². The third-order valence-electron chi connectivity index (χ3n) is 2.32. The van der Waals surface area contributed by atoms with Crippen LogP contribution in [0.25, 0.3) is 0 Å². The first-order valence-electron chi connectivity index (χ1n) is 5.14. The minimum Gasteiger partial charge on any atom is -0.472 e. The van der Waals surface area contributed by atoms with Crippen molar-refractivity contribution in [3.05, 3.63) is 47.5 Å². The van der Waals surface area contributed by atoms with Crippen molar-refractivity contribution in [2.45, 2.75) is 6.61 Å². The summed E-state index contributed by atoms with van der Waals surface area (Å²) < 4.78 is 18.6. The maximum atomic E-state index is 13.3. The van der Waals surface area contributed by atoms with Crippen LogP contribution in [-0.4, -0.2) is 16.3 Å². The van der Waals surface area contributed by atoms with Gasteiger partial charge in [-0.25, -0.2) is 14.4 Å². The highest BCUT2D eigenvalue weighted by molar-refractivity contribution is 5.84. The molecular formula is C12H10FN3O2. The summed E-state index contributed by atoms with van der Waals surface area (Å²) in [5.74, 6) is -0.309. The third-order valence-corrected chi connectivity index (χ3v) is 2.32. The Kier molecular flexibility index (Phi) is 3.47. The second kappa shape index (κ2) is 5.22. The number of hydrogen-bond acceptors (Lipinski definition) is 5. The van der Waals surface area contributed by atoms with E-state index in [1.807, 2.05) is 0 Å². The van der Waals surface area contributed by atoms with E-state index in [1.54, 1.807) is 18.2 Å². The fourth-order valence-electron chi connectivity index (χ4n) is 1.38. The number of halogens is 1. The minimum atomic E-state index is -0.382. The summed E-state index contributed by atoms with van der Waals surface area (Å²) in [7, 11) is 0. The van der Waals surface area contributed by atoms with Gasteiger partial charge >= 0.3 is 0 Å². The Morgan fingerprint density at radius 1 is 1.33 bits per heavy atom. The summed E-state index contributed by atoms with van der Waals surface area (Å²) in [4.78, 5) is 18.3. The van der Waals surface area contributed by atoms with Gasteiger partial charge < -0.3 is 10.5 Å². The number of aromatic nitrogens is 2. The molecule has 2 rings (SSSR count). The summed E-state index contributed by atoms with van der Waals surface area (Å²) in [5, 5.41) is 0. The molecule has 0 amide bonds. The quantitative estimate of drug-likeness (QED) is 0.830. The zero-order chi connectivity index (χ0) is 13.0. The van der Waals surface area contributed by atoms with Gasteiger partial charge in [-0.05, 0) is 6.07 Å². The minimum absolute atomic E-state index is 0.0310. The molecule has 0 unspecified atom stereocenters. The number of nitrogens with two attached hydrogens (primary N) is 1. The van der Waals surface area contributed by atoms with Crippen molar-refractivity contribution in [3.8, 4) is 5.88 Å². The molecule has 0 radical (unpaired) electrons. The molecule has 0 aliphatic heterocycles. The van der Waals surface area contributed by atoms with Crippen LogP contribution in [0.5, 0.6) is 5.88 Å². The molecule has 0 aliphatic rings. The predicted molar refractivity (Wildman–Crippen MR) is 62.6 cm³/mol. The van der Waals surface area contributed by atoms with Crippen molar-refractivity contribution < 1.29 is 13.9 Å². The molecule has 2 aromatic rings. The molecule has 1 aromatic heterocycles. The van der Waals surface area contributed by atoms with Gasteiger partial charge in [0.1, 0.15) is 30.1 Å². The van der Waals surface area contributed by atoms with Gasteiger partial charge in [0.25, 0.3) is 0 Å². The Bertz CT molecular complexity index is 575. The fourth-order valence-corrected chi connectivity index (χ4v) is 1.38. The molecule has 2 N–H and O–H groups in total. The molecule has 1 aromatic carbocycles. The number of hydrogen-bond donors (Lipinski definition) is 1. The Labute approximate surface area is 102 Å². The molecule has 0 aliphatic carbocycles. The van der Waals surface area contributed by atoms with E-state index in [-0.39, 0.29) is 29.7 Å². The number of anilines is 1. The van der Waals surface area contributed by atoms with Crippen molar-refractivity contribution in [2.75, 3.05) is 5.73 Å². The van der Waals surface area contributed by atoms with Crippen molar-refractivity contribution >= 4 is 12.1 Å². The summed E-state index contributed by atoms with van der Waals surface area (Å²) in [6.07, 6.45) is 1.69. The van der Waals surface area contributed by atoms with Crippen LogP contribution in [0.4, 0.5) is 10.2 Å². The fraction of sp³-hybridized carbons (Fsp3) is 0.0833. The van der Waals surface area contributed by atoms with Gasteiger partial charge in [0.05, 0.1) is 0 Å². The van der Waals surface area contributed by atoms with Gasteiger partial charge in [-0.15, -0.1) is 0 Å². The highest BCUT2D eigenvalue weighted by Crippen LogP contribution is 2.18. The van der Waals surface area contributed by atoms with Crippen LogP contribution in [0.1, 0.15) is 15.9 Å². The smallest absolute Gasteiger partial charge is 0.229 e. The molecule has 0 bridgehead atoms. The molecular weight excluding hydrogens is 237 g/mol. The second-order valence-corrected chi connectivity index (χ2v) is 3.48. The Morgan fingerprint density at radius 2 is 2.11 bits per heavy atom. The highest BCUT2D eigenvalue weighted by Gasteiger charge is 2.10. The van der Waals surface area contributed by atoms with Crippen LogP contribution < -0.4 is 10.5 Å². The first-order chi connectivity index (χ1) is 8.72. The third kappa shape index (κ3) is 2.42. The van der Waals surface area contributed by atoms with Crippen LogP contribution >= 0.6 is 0 Å². The van der Waals surface area contributed by atoms with E-state index in [9.17, 15) is 9.18 Å². The van der Waals surface area contributed by atoms with Gasteiger partial charge in [-0.2, -0.15) is 0 Å². The Morgan fingerprint density at radius 3 is 2.83 bits per heavy atom. The summed E-state index contributed by atoms with van der Waals surface area (Å²) in [5.41, 5.74) is 5.93.